The third kappa shape index (κ3) is 3.25. The monoisotopic (exact) mass is 336 g/mol. The van der Waals surface area contributed by atoms with Gasteiger partial charge in [0.15, 0.2) is 0 Å². The number of rotatable bonds is 4. The van der Waals surface area contributed by atoms with Gasteiger partial charge in [0.1, 0.15) is 10.7 Å². The molecule has 1 aliphatic rings. The summed E-state index contributed by atoms with van der Waals surface area (Å²) in [5.41, 5.74) is 0. The lowest BCUT2D eigenvalue weighted by molar-refractivity contribution is 0.272. The molecule has 0 spiro atoms. The van der Waals surface area contributed by atoms with Crippen molar-refractivity contribution in [2.75, 3.05) is 31.9 Å². The highest BCUT2D eigenvalue weighted by Crippen LogP contribution is 2.21. The van der Waals surface area contributed by atoms with Gasteiger partial charge in [-0.25, -0.2) is 21.2 Å². The smallest absolute Gasteiger partial charge is 0.212 e. The zero-order valence-corrected chi connectivity index (χ0v) is 13.2. The van der Waals surface area contributed by atoms with Crippen LogP contribution in [0.25, 0.3) is 0 Å². The maximum Gasteiger partial charge on any atom is 0.246 e. The lowest BCUT2D eigenvalue weighted by Crippen LogP contribution is -2.50. The molecule has 0 aromatic heterocycles. The maximum atomic E-state index is 13.6. The van der Waals surface area contributed by atoms with E-state index in [-0.39, 0.29) is 36.8 Å². The zero-order chi connectivity index (χ0) is 15.7. The number of hydrogen-bond donors (Lipinski definition) is 0. The molecule has 0 radical (unpaired) electrons. The summed E-state index contributed by atoms with van der Waals surface area (Å²) in [4.78, 5) is -0.378. The normalized spacial score (nSPS) is 18.8. The fraction of sp³-hybridized carbons (Fsp3) is 0.500. The second-order valence-electron chi connectivity index (χ2n) is 4.63. The van der Waals surface area contributed by atoms with E-state index in [0.29, 0.717) is 0 Å². The molecule has 0 aliphatic carbocycles. The Kier molecular flexibility index (Phi) is 4.66. The first-order valence-corrected chi connectivity index (χ1v) is 9.56. The molecule has 0 atom stereocenters. The van der Waals surface area contributed by atoms with Gasteiger partial charge < -0.3 is 0 Å². The van der Waals surface area contributed by atoms with Crippen LogP contribution < -0.4 is 0 Å². The standard InChI is InChI=1S/C12H17FN2O4S2/c1-2-20(16,17)14-7-9-15(10-8-14)21(18,19)12-6-4-3-5-11(12)13/h3-6H,2,7-10H2,1H3. The van der Waals surface area contributed by atoms with E-state index in [1.807, 2.05) is 0 Å². The van der Waals surface area contributed by atoms with Crippen molar-refractivity contribution in [3.63, 3.8) is 0 Å². The molecule has 0 N–H and O–H groups in total. The summed E-state index contributed by atoms with van der Waals surface area (Å²) in [7, 11) is -7.26. The second-order valence-corrected chi connectivity index (χ2v) is 8.80. The summed E-state index contributed by atoms with van der Waals surface area (Å²) in [6.45, 7) is 1.76. The van der Waals surface area contributed by atoms with Gasteiger partial charge in [-0.15, -0.1) is 0 Å². The van der Waals surface area contributed by atoms with E-state index in [1.54, 1.807) is 0 Å². The number of nitrogens with zero attached hydrogens (tertiary/aromatic N) is 2. The maximum absolute atomic E-state index is 13.6. The van der Waals surface area contributed by atoms with Crippen LogP contribution in [0, 0.1) is 5.82 Å². The molecule has 9 heteroatoms. The molecule has 1 fully saturated rings. The van der Waals surface area contributed by atoms with Gasteiger partial charge in [0.2, 0.25) is 20.0 Å². The Morgan fingerprint density at radius 3 is 2.05 bits per heavy atom. The van der Waals surface area contributed by atoms with Crippen LogP contribution in [0.1, 0.15) is 6.92 Å². The molecule has 1 aliphatic heterocycles. The Morgan fingerprint density at radius 1 is 1.00 bits per heavy atom. The van der Waals surface area contributed by atoms with Crippen molar-refractivity contribution in [1.29, 1.82) is 0 Å². The quantitative estimate of drug-likeness (QED) is 0.802. The molecule has 1 aromatic rings. The van der Waals surface area contributed by atoms with Crippen LogP contribution in [-0.4, -0.2) is 57.4 Å². The highest BCUT2D eigenvalue weighted by Gasteiger charge is 2.33. The van der Waals surface area contributed by atoms with Crippen LogP contribution >= 0.6 is 0 Å². The number of sulfonamides is 2. The van der Waals surface area contributed by atoms with Gasteiger partial charge in [0.05, 0.1) is 5.75 Å². The molecule has 0 bridgehead atoms. The number of benzene rings is 1. The van der Waals surface area contributed by atoms with E-state index in [2.05, 4.69) is 0 Å². The van der Waals surface area contributed by atoms with E-state index in [0.717, 1.165) is 10.4 Å². The third-order valence-electron chi connectivity index (χ3n) is 3.41. The second kappa shape index (κ2) is 5.99. The molecule has 1 heterocycles. The van der Waals surface area contributed by atoms with Gasteiger partial charge >= 0.3 is 0 Å². The molecule has 118 valence electrons. The van der Waals surface area contributed by atoms with Gasteiger partial charge in [0, 0.05) is 26.2 Å². The van der Waals surface area contributed by atoms with Crippen LogP contribution in [0.4, 0.5) is 4.39 Å². The average molecular weight is 336 g/mol. The van der Waals surface area contributed by atoms with Crippen LogP contribution in [0.3, 0.4) is 0 Å². The van der Waals surface area contributed by atoms with E-state index in [4.69, 9.17) is 0 Å². The van der Waals surface area contributed by atoms with Crippen molar-refractivity contribution >= 4 is 20.0 Å². The van der Waals surface area contributed by atoms with Gasteiger partial charge in [-0.2, -0.15) is 8.61 Å². The van der Waals surface area contributed by atoms with Crippen molar-refractivity contribution in [3.8, 4) is 0 Å². The average Bonchev–Trinajstić information content (AvgIpc) is 2.47. The molecule has 21 heavy (non-hydrogen) atoms. The lowest BCUT2D eigenvalue weighted by atomic mass is 10.3. The lowest BCUT2D eigenvalue weighted by Gasteiger charge is -2.33. The molecule has 1 saturated heterocycles. The first-order valence-electron chi connectivity index (χ1n) is 6.51. The summed E-state index contributed by atoms with van der Waals surface area (Å²) in [6, 6.07) is 5.17. The zero-order valence-electron chi connectivity index (χ0n) is 11.6. The predicted molar refractivity (Wildman–Crippen MR) is 76.2 cm³/mol. The minimum absolute atomic E-state index is 0.0208. The van der Waals surface area contributed by atoms with E-state index < -0.39 is 25.9 Å². The summed E-state index contributed by atoms with van der Waals surface area (Å²) in [6.07, 6.45) is 0. The number of halogens is 1. The Balaban J connectivity index is 2.18. The van der Waals surface area contributed by atoms with Crippen molar-refractivity contribution in [3.05, 3.63) is 30.1 Å². The molecule has 6 nitrogen and oxygen atoms in total. The van der Waals surface area contributed by atoms with Crippen molar-refractivity contribution in [2.24, 2.45) is 0 Å². The molecule has 0 saturated carbocycles. The third-order valence-corrected chi connectivity index (χ3v) is 7.22. The van der Waals surface area contributed by atoms with Crippen LogP contribution in [0.2, 0.25) is 0 Å². The predicted octanol–water partition coefficient (Wildman–Crippen LogP) is 0.482. The minimum atomic E-state index is -3.93. The van der Waals surface area contributed by atoms with Gasteiger partial charge in [-0.05, 0) is 19.1 Å². The fourth-order valence-electron chi connectivity index (χ4n) is 2.16. The molecule has 1 aromatic carbocycles. The van der Waals surface area contributed by atoms with Gasteiger partial charge in [-0.1, -0.05) is 12.1 Å². The molecular weight excluding hydrogens is 319 g/mol. The summed E-state index contributed by atoms with van der Waals surface area (Å²) in [5, 5.41) is 0. The van der Waals surface area contributed by atoms with E-state index >= 15 is 0 Å². The topological polar surface area (TPSA) is 74.8 Å². The first-order chi connectivity index (χ1) is 9.79. The van der Waals surface area contributed by atoms with Crippen LogP contribution in [-0.2, 0) is 20.0 Å². The van der Waals surface area contributed by atoms with Crippen molar-refractivity contribution in [2.45, 2.75) is 11.8 Å². The minimum Gasteiger partial charge on any atom is -0.212 e. The molecule has 0 amide bonds. The Morgan fingerprint density at radius 2 is 1.52 bits per heavy atom. The summed E-state index contributed by atoms with van der Waals surface area (Å²) >= 11 is 0. The van der Waals surface area contributed by atoms with Crippen molar-refractivity contribution in [1.82, 2.24) is 8.61 Å². The van der Waals surface area contributed by atoms with Crippen LogP contribution in [0.5, 0.6) is 0 Å². The summed E-state index contributed by atoms with van der Waals surface area (Å²) in [5.74, 6) is -0.825. The largest absolute Gasteiger partial charge is 0.246 e. The fourth-order valence-corrected chi connectivity index (χ4v) is 4.74. The molecular formula is C12H17FN2O4S2. The van der Waals surface area contributed by atoms with Gasteiger partial charge in [-0.3, -0.25) is 0 Å². The molecule has 0 unspecified atom stereocenters. The van der Waals surface area contributed by atoms with Crippen molar-refractivity contribution < 1.29 is 21.2 Å². The van der Waals surface area contributed by atoms with E-state index in [1.165, 1.54) is 29.4 Å². The van der Waals surface area contributed by atoms with Crippen LogP contribution in [0.15, 0.2) is 29.2 Å². The summed E-state index contributed by atoms with van der Waals surface area (Å²) < 4.78 is 64.2. The Bertz CT molecular complexity index is 711. The Hall–Kier alpha value is -1.03. The SMILES string of the molecule is CCS(=O)(=O)N1CCN(S(=O)(=O)c2ccccc2F)CC1. The highest BCUT2D eigenvalue weighted by atomic mass is 32.2. The number of piperazine rings is 1. The first kappa shape index (κ1) is 16.3. The Labute approximate surface area is 124 Å². The van der Waals surface area contributed by atoms with Gasteiger partial charge in [0.25, 0.3) is 0 Å². The molecule has 2 rings (SSSR count). The number of hydrogen-bond acceptors (Lipinski definition) is 4. The highest BCUT2D eigenvalue weighted by molar-refractivity contribution is 7.89. The van der Waals surface area contributed by atoms with E-state index in [9.17, 15) is 21.2 Å².